The molecule has 28 heavy (non-hydrogen) atoms. The molecule has 0 saturated heterocycles. The fourth-order valence-corrected chi connectivity index (χ4v) is 4.71. The van der Waals surface area contributed by atoms with Crippen molar-refractivity contribution in [2.75, 3.05) is 0 Å². The summed E-state index contributed by atoms with van der Waals surface area (Å²) >= 11 is 1.60. The molecule has 0 bridgehead atoms. The zero-order valence-electron chi connectivity index (χ0n) is 15.6. The lowest BCUT2D eigenvalue weighted by molar-refractivity contribution is 0.424. The van der Waals surface area contributed by atoms with Gasteiger partial charge in [0.25, 0.3) is 5.89 Å². The Labute approximate surface area is 166 Å². The number of thiophene rings is 1. The van der Waals surface area contributed by atoms with Gasteiger partial charge in [-0.3, -0.25) is 0 Å². The minimum absolute atomic E-state index is 0.537. The van der Waals surface area contributed by atoms with Gasteiger partial charge in [0.15, 0.2) is 5.82 Å². The number of pyridine rings is 1. The molecular formula is C22H18N4OS. The van der Waals surface area contributed by atoms with Crippen LogP contribution in [0.15, 0.2) is 65.4 Å². The summed E-state index contributed by atoms with van der Waals surface area (Å²) in [6.07, 6.45) is 4.71. The maximum atomic E-state index is 5.67. The zero-order valence-corrected chi connectivity index (χ0v) is 16.4. The molecule has 0 atom stereocenters. The largest absolute Gasteiger partial charge is 0.333 e. The number of benzene rings is 1. The van der Waals surface area contributed by atoms with Crippen molar-refractivity contribution in [1.29, 1.82) is 0 Å². The van der Waals surface area contributed by atoms with Crippen molar-refractivity contribution in [3.63, 3.8) is 0 Å². The van der Waals surface area contributed by atoms with Gasteiger partial charge < -0.3 is 9.09 Å². The van der Waals surface area contributed by atoms with Crippen LogP contribution in [0.25, 0.3) is 26.7 Å². The Kier molecular flexibility index (Phi) is 4.06. The molecule has 0 spiro atoms. The molecule has 4 heterocycles. The van der Waals surface area contributed by atoms with Gasteiger partial charge in [0, 0.05) is 29.9 Å². The predicted molar refractivity (Wildman–Crippen MR) is 111 cm³/mol. The molecule has 0 unspecified atom stereocenters. The average Bonchev–Trinajstić information content (AvgIpc) is 3.41. The highest BCUT2D eigenvalue weighted by atomic mass is 32.1. The van der Waals surface area contributed by atoms with Gasteiger partial charge in [-0.1, -0.05) is 35.5 Å². The Morgan fingerprint density at radius 2 is 1.79 bits per heavy atom. The molecule has 0 saturated carbocycles. The SMILES string of the molecule is Cc1cc(C)c2c(-n3cccc3)c(-c3nc(Cc4ccccc4)no3)sc2n1. The molecule has 5 aromatic rings. The van der Waals surface area contributed by atoms with Crippen molar-refractivity contribution in [2.24, 2.45) is 0 Å². The molecule has 6 heteroatoms. The molecule has 0 aliphatic heterocycles. The smallest absolute Gasteiger partial charge is 0.270 e. The topological polar surface area (TPSA) is 56.7 Å². The lowest BCUT2D eigenvalue weighted by Crippen LogP contribution is -1.94. The molecular weight excluding hydrogens is 368 g/mol. The number of aromatic nitrogens is 4. The van der Waals surface area contributed by atoms with E-state index in [-0.39, 0.29) is 0 Å². The van der Waals surface area contributed by atoms with Gasteiger partial charge in [0.05, 0.1) is 5.69 Å². The Morgan fingerprint density at radius 3 is 2.57 bits per heavy atom. The molecule has 1 aromatic carbocycles. The standard InChI is InChI=1S/C22H18N4OS/c1-14-12-15(2)23-22-18(14)19(26-10-6-7-11-26)20(28-22)21-24-17(25-27-21)13-16-8-4-3-5-9-16/h3-12H,13H2,1-2H3. The highest BCUT2D eigenvalue weighted by Gasteiger charge is 2.22. The van der Waals surface area contributed by atoms with E-state index in [4.69, 9.17) is 9.51 Å². The van der Waals surface area contributed by atoms with Gasteiger partial charge in [0.1, 0.15) is 9.71 Å². The monoisotopic (exact) mass is 386 g/mol. The summed E-state index contributed by atoms with van der Waals surface area (Å²) in [6.45, 7) is 4.14. The Bertz CT molecular complexity index is 1250. The fourth-order valence-electron chi connectivity index (χ4n) is 3.49. The highest BCUT2D eigenvalue weighted by Crippen LogP contribution is 2.41. The highest BCUT2D eigenvalue weighted by molar-refractivity contribution is 7.22. The first-order valence-electron chi connectivity index (χ1n) is 9.10. The first kappa shape index (κ1) is 16.9. The summed E-state index contributed by atoms with van der Waals surface area (Å²) < 4.78 is 7.77. The van der Waals surface area contributed by atoms with Gasteiger partial charge in [-0.05, 0) is 43.2 Å². The van der Waals surface area contributed by atoms with Crippen LogP contribution in [0.2, 0.25) is 0 Å². The van der Waals surface area contributed by atoms with Crippen LogP contribution in [0, 0.1) is 13.8 Å². The number of hydrogen-bond acceptors (Lipinski definition) is 5. The molecule has 0 aliphatic carbocycles. The van der Waals surface area contributed by atoms with Crippen LogP contribution in [0.3, 0.4) is 0 Å². The summed E-state index contributed by atoms with van der Waals surface area (Å²) in [5.74, 6) is 1.22. The van der Waals surface area contributed by atoms with E-state index in [0.29, 0.717) is 18.1 Å². The third kappa shape index (κ3) is 2.92. The van der Waals surface area contributed by atoms with Crippen molar-refractivity contribution in [2.45, 2.75) is 20.3 Å². The third-order valence-electron chi connectivity index (χ3n) is 4.69. The molecule has 5 rings (SSSR count). The van der Waals surface area contributed by atoms with Gasteiger partial charge in [-0.2, -0.15) is 4.98 Å². The molecule has 0 N–H and O–H groups in total. The maximum Gasteiger partial charge on any atom is 0.270 e. The van der Waals surface area contributed by atoms with Gasteiger partial charge in [0.2, 0.25) is 0 Å². The molecule has 0 radical (unpaired) electrons. The Hall–Kier alpha value is -3.25. The van der Waals surface area contributed by atoms with E-state index in [1.807, 2.05) is 49.6 Å². The normalized spacial score (nSPS) is 11.4. The summed E-state index contributed by atoms with van der Waals surface area (Å²) in [5.41, 5.74) is 4.40. The van der Waals surface area contributed by atoms with Gasteiger partial charge >= 0.3 is 0 Å². The summed E-state index contributed by atoms with van der Waals surface area (Å²) in [5, 5.41) is 5.34. The van der Waals surface area contributed by atoms with Gasteiger partial charge in [-0.25, -0.2) is 4.98 Å². The molecule has 0 fully saturated rings. The van der Waals surface area contributed by atoms with E-state index in [0.717, 1.165) is 32.0 Å². The summed E-state index contributed by atoms with van der Waals surface area (Å²) in [6, 6.07) is 16.3. The van der Waals surface area contributed by atoms with Crippen LogP contribution in [-0.4, -0.2) is 19.7 Å². The number of hydrogen-bond donors (Lipinski definition) is 0. The van der Waals surface area contributed by atoms with E-state index in [2.05, 4.69) is 39.8 Å². The van der Waals surface area contributed by atoms with Crippen molar-refractivity contribution in [3.05, 3.63) is 83.6 Å². The first-order chi connectivity index (χ1) is 13.7. The van der Waals surface area contributed by atoms with E-state index in [1.54, 1.807) is 11.3 Å². The first-order valence-corrected chi connectivity index (χ1v) is 9.91. The van der Waals surface area contributed by atoms with Crippen molar-refractivity contribution in [1.82, 2.24) is 19.7 Å². The minimum Gasteiger partial charge on any atom is -0.333 e. The molecule has 4 aromatic heterocycles. The fraction of sp³-hybridized carbons (Fsp3) is 0.136. The van der Waals surface area contributed by atoms with Crippen LogP contribution in [0.1, 0.15) is 22.6 Å². The average molecular weight is 386 g/mol. The lowest BCUT2D eigenvalue weighted by atomic mass is 10.1. The van der Waals surface area contributed by atoms with Crippen molar-refractivity contribution < 1.29 is 4.52 Å². The van der Waals surface area contributed by atoms with E-state index < -0.39 is 0 Å². The van der Waals surface area contributed by atoms with Crippen LogP contribution < -0.4 is 0 Å². The molecule has 138 valence electrons. The summed E-state index contributed by atoms with van der Waals surface area (Å²) in [7, 11) is 0. The second-order valence-corrected chi connectivity index (χ2v) is 7.81. The van der Waals surface area contributed by atoms with Crippen LogP contribution >= 0.6 is 11.3 Å². The van der Waals surface area contributed by atoms with Crippen molar-refractivity contribution >= 4 is 21.6 Å². The quantitative estimate of drug-likeness (QED) is 0.418. The number of aryl methyl sites for hydroxylation is 2. The minimum atomic E-state index is 0.537. The third-order valence-corrected chi connectivity index (χ3v) is 5.75. The predicted octanol–water partition coefficient (Wildman–Crippen LogP) is 5.34. The maximum absolute atomic E-state index is 5.67. The second kappa shape index (κ2) is 6.73. The van der Waals surface area contributed by atoms with E-state index in [1.165, 1.54) is 5.56 Å². The Balaban J connectivity index is 1.65. The Morgan fingerprint density at radius 1 is 1.00 bits per heavy atom. The van der Waals surface area contributed by atoms with Crippen LogP contribution in [0.5, 0.6) is 0 Å². The number of rotatable bonds is 4. The lowest BCUT2D eigenvalue weighted by Gasteiger charge is -2.06. The van der Waals surface area contributed by atoms with Crippen LogP contribution in [0.4, 0.5) is 0 Å². The van der Waals surface area contributed by atoms with E-state index in [9.17, 15) is 0 Å². The van der Waals surface area contributed by atoms with Crippen molar-refractivity contribution in [3.8, 4) is 16.5 Å². The van der Waals surface area contributed by atoms with Crippen LogP contribution in [-0.2, 0) is 6.42 Å². The number of fused-ring (bicyclic) bond motifs is 1. The van der Waals surface area contributed by atoms with Gasteiger partial charge in [-0.15, -0.1) is 11.3 Å². The molecule has 0 amide bonds. The summed E-state index contributed by atoms with van der Waals surface area (Å²) in [4.78, 5) is 11.4. The molecule has 0 aliphatic rings. The second-order valence-electron chi connectivity index (χ2n) is 6.81. The number of nitrogens with zero attached hydrogens (tertiary/aromatic N) is 4. The molecule has 5 nitrogen and oxygen atoms in total. The van der Waals surface area contributed by atoms with E-state index >= 15 is 0 Å². The zero-order chi connectivity index (χ0) is 19.1.